The summed E-state index contributed by atoms with van der Waals surface area (Å²) in [5.41, 5.74) is 0.398. The van der Waals surface area contributed by atoms with Crippen molar-refractivity contribution in [1.82, 2.24) is 9.80 Å². The molecular formula is C19H22N2O4. The smallest absolute Gasteiger partial charge is 0.254 e. The molecule has 0 spiro atoms. The third-order valence-electron chi connectivity index (χ3n) is 4.47. The number of benzene rings is 2. The molecule has 25 heavy (non-hydrogen) atoms. The van der Waals surface area contributed by atoms with Gasteiger partial charge in [-0.2, -0.15) is 0 Å². The molecule has 6 heteroatoms. The minimum Gasteiger partial charge on any atom is -0.507 e. The Hall–Kier alpha value is -2.60. The van der Waals surface area contributed by atoms with Gasteiger partial charge in [-0.1, -0.05) is 24.3 Å². The molecule has 1 saturated heterocycles. The predicted molar refractivity (Wildman–Crippen MR) is 94.6 cm³/mol. The van der Waals surface area contributed by atoms with E-state index in [1.165, 1.54) is 6.07 Å². The van der Waals surface area contributed by atoms with E-state index in [4.69, 9.17) is 4.74 Å². The summed E-state index contributed by atoms with van der Waals surface area (Å²) in [6.45, 7) is 2.21. The second kappa shape index (κ2) is 7.53. The summed E-state index contributed by atoms with van der Waals surface area (Å²) in [4.78, 5) is 28.5. The molecule has 0 aromatic heterocycles. The number of phenols is 1. The molecule has 2 aromatic rings. The van der Waals surface area contributed by atoms with E-state index in [1.54, 1.807) is 23.0 Å². The number of aromatic hydroxyl groups is 1. The molecule has 1 heterocycles. The first-order chi connectivity index (χ1) is 12.1. The second-order valence-corrected chi connectivity index (χ2v) is 6.17. The minimum absolute atomic E-state index is 0.0517. The largest absolute Gasteiger partial charge is 0.507 e. The number of amides is 2. The highest BCUT2D eigenvalue weighted by atomic mass is 16.5. The van der Waals surface area contributed by atoms with Crippen molar-refractivity contribution >= 4 is 22.6 Å². The molecule has 0 aliphatic carbocycles. The van der Waals surface area contributed by atoms with Crippen LogP contribution in [0.25, 0.3) is 10.8 Å². The number of hydrogen-bond donors (Lipinski definition) is 1. The number of carbonyl (C=O) groups excluding carboxylic acids is 2. The van der Waals surface area contributed by atoms with Gasteiger partial charge in [0.1, 0.15) is 12.3 Å². The van der Waals surface area contributed by atoms with Crippen LogP contribution in [-0.4, -0.2) is 66.6 Å². The molecule has 0 atom stereocenters. The van der Waals surface area contributed by atoms with Gasteiger partial charge in [-0.3, -0.25) is 9.59 Å². The van der Waals surface area contributed by atoms with Gasteiger partial charge in [-0.25, -0.2) is 0 Å². The van der Waals surface area contributed by atoms with Gasteiger partial charge in [0.2, 0.25) is 5.91 Å². The van der Waals surface area contributed by atoms with E-state index in [2.05, 4.69) is 0 Å². The van der Waals surface area contributed by atoms with Crippen molar-refractivity contribution in [2.75, 3.05) is 39.9 Å². The molecule has 0 bridgehead atoms. The van der Waals surface area contributed by atoms with Crippen LogP contribution in [-0.2, 0) is 9.53 Å². The Labute approximate surface area is 146 Å². The van der Waals surface area contributed by atoms with Crippen molar-refractivity contribution in [3.63, 3.8) is 0 Å². The van der Waals surface area contributed by atoms with Crippen molar-refractivity contribution in [3.8, 4) is 5.75 Å². The molecule has 1 fully saturated rings. The minimum atomic E-state index is -0.233. The lowest BCUT2D eigenvalue weighted by Gasteiger charge is -2.22. The zero-order valence-corrected chi connectivity index (χ0v) is 14.3. The summed E-state index contributed by atoms with van der Waals surface area (Å²) in [5.74, 6) is -0.236. The quantitative estimate of drug-likeness (QED) is 0.921. The van der Waals surface area contributed by atoms with E-state index in [0.717, 1.165) is 11.8 Å². The molecule has 2 aromatic carbocycles. The number of rotatable bonds is 4. The summed E-state index contributed by atoms with van der Waals surface area (Å²) < 4.78 is 5.03. The van der Waals surface area contributed by atoms with Gasteiger partial charge in [-0.15, -0.1) is 0 Å². The highest BCUT2D eigenvalue weighted by Gasteiger charge is 2.25. The Morgan fingerprint density at radius 2 is 2.04 bits per heavy atom. The van der Waals surface area contributed by atoms with E-state index < -0.39 is 0 Å². The van der Waals surface area contributed by atoms with E-state index in [9.17, 15) is 14.7 Å². The average Bonchev–Trinajstić information content (AvgIpc) is 2.80. The number of nitrogens with zero attached hydrogens (tertiary/aromatic N) is 2. The standard InChI is InChI=1S/C19H22N2O4/c1-25-10-9-20-7-4-8-21(13-18(20)23)19(24)15-11-14-5-2-3-6-16(14)17(22)12-15/h2-3,5-6,11-12,22H,4,7-10,13H2,1H3. The molecule has 6 nitrogen and oxygen atoms in total. The van der Waals surface area contributed by atoms with Gasteiger partial charge in [0.05, 0.1) is 6.61 Å². The average molecular weight is 342 g/mol. The Bertz CT molecular complexity index is 790. The Morgan fingerprint density at radius 1 is 1.24 bits per heavy atom. The van der Waals surface area contributed by atoms with Crippen molar-refractivity contribution in [2.24, 2.45) is 0 Å². The Morgan fingerprint density at radius 3 is 2.84 bits per heavy atom. The zero-order chi connectivity index (χ0) is 17.8. The lowest BCUT2D eigenvalue weighted by molar-refractivity contribution is -0.131. The van der Waals surface area contributed by atoms with E-state index >= 15 is 0 Å². The molecule has 0 unspecified atom stereocenters. The van der Waals surface area contributed by atoms with Crippen molar-refractivity contribution in [3.05, 3.63) is 42.0 Å². The monoisotopic (exact) mass is 342 g/mol. The highest BCUT2D eigenvalue weighted by molar-refractivity contribution is 6.02. The first-order valence-electron chi connectivity index (χ1n) is 8.38. The maximum atomic E-state index is 12.8. The van der Waals surface area contributed by atoms with E-state index in [0.29, 0.717) is 37.2 Å². The number of fused-ring (bicyclic) bond motifs is 1. The fourth-order valence-electron chi connectivity index (χ4n) is 3.13. The Balaban J connectivity index is 1.80. The fourth-order valence-corrected chi connectivity index (χ4v) is 3.13. The number of hydrogen-bond acceptors (Lipinski definition) is 4. The van der Waals surface area contributed by atoms with E-state index in [1.807, 2.05) is 24.3 Å². The van der Waals surface area contributed by atoms with Crippen LogP contribution in [0.3, 0.4) is 0 Å². The molecule has 1 aliphatic heterocycles. The first-order valence-corrected chi connectivity index (χ1v) is 8.38. The van der Waals surface area contributed by atoms with Crippen LogP contribution >= 0.6 is 0 Å². The van der Waals surface area contributed by atoms with Crippen molar-refractivity contribution in [2.45, 2.75) is 6.42 Å². The summed E-state index contributed by atoms with van der Waals surface area (Å²) in [7, 11) is 1.60. The van der Waals surface area contributed by atoms with Crippen LogP contribution < -0.4 is 0 Å². The molecule has 0 radical (unpaired) electrons. The normalized spacial score (nSPS) is 15.5. The Kier molecular flexibility index (Phi) is 5.19. The van der Waals surface area contributed by atoms with Gasteiger partial charge >= 0.3 is 0 Å². The second-order valence-electron chi connectivity index (χ2n) is 6.17. The van der Waals surface area contributed by atoms with Gasteiger partial charge in [0.25, 0.3) is 5.91 Å². The number of methoxy groups -OCH3 is 1. The summed E-state index contributed by atoms with van der Waals surface area (Å²) in [5, 5.41) is 11.7. The van der Waals surface area contributed by atoms with Gasteiger partial charge in [-0.05, 0) is 23.9 Å². The first kappa shape index (κ1) is 17.2. The topological polar surface area (TPSA) is 70.1 Å². The van der Waals surface area contributed by atoms with Crippen molar-refractivity contribution < 1.29 is 19.4 Å². The predicted octanol–water partition coefficient (Wildman–Crippen LogP) is 1.87. The SMILES string of the molecule is COCCN1CCCN(C(=O)c2cc(O)c3ccccc3c2)CC1=O. The molecule has 0 saturated carbocycles. The van der Waals surface area contributed by atoms with Gasteiger partial charge in [0.15, 0.2) is 0 Å². The molecule has 2 amide bonds. The summed E-state index contributed by atoms with van der Waals surface area (Å²) in [6.07, 6.45) is 0.723. The summed E-state index contributed by atoms with van der Waals surface area (Å²) in [6, 6.07) is 10.6. The molecule has 1 aliphatic rings. The van der Waals surface area contributed by atoms with Gasteiger partial charge in [0, 0.05) is 37.7 Å². The molecule has 1 N–H and O–H groups in total. The maximum Gasteiger partial charge on any atom is 0.254 e. The molecule has 3 rings (SSSR count). The zero-order valence-electron chi connectivity index (χ0n) is 14.3. The lowest BCUT2D eigenvalue weighted by Crippen LogP contribution is -2.40. The third kappa shape index (κ3) is 3.74. The number of carbonyl (C=O) groups is 2. The molecule has 132 valence electrons. The maximum absolute atomic E-state index is 12.8. The van der Waals surface area contributed by atoms with Crippen LogP contribution in [0.1, 0.15) is 16.8 Å². The number of ether oxygens (including phenoxy) is 1. The van der Waals surface area contributed by atoms with Crippen LogP contribution in [0.2, 0.25) is 0 Å². The van der Waals surface area contributed by atoms with Crippen LogP contribution in [0.5, 0.6) is 5.75 Å². The van der Waals surface area contributed by atoms with Crippen LogP contribution in [0.4, 0.5) is 0 Å². The fraction of sp³-hybridized carbons (Fsp3) is 0.368. The molecular weight excluding hydrogens is 320 g/mol. The van der Waals surface area contributed by atoms with E-state index in [-0.39, 0.29) is 24.1 Å². The summed E-state index contributed by atoms with van der Waals surface area (Å²) >= 11 is 0. The third-order valence-corrected chi connectivity index (χ3v) is 4.47. The lowest BCUT2D eigenvalue weighted by atomic mass is 10.0. The van der Waals surface area contributed by atoms with Crippen LogP contribution in [0, 0.1) is 0 Å². The highest BCUT2D eigenvalue weighted by Crippen LogP contribution is 2.27. The van der Waals surface area contributed by atoms with Crippen LogP contribution in [0.15, 0.2) is 36.4 Å². The van der Waals surface area contributed by atoms with Crippen molar-refractivity contribution in [1.29, 1.82) is 0 Å². The van der Waals surface area contributed by atoms with Gasteiger partial charge < -0.3 is 19.6 Å². The number of phenolic OH excluding ortho intramolecular Hbond substituents is 1.